The smallest absolute Gasteiger partial charge is 0.337 e. The number of hydrogen-bond acceptors (Lipinski definition) is 5. The highest BCUT2D eigenvalue weighted by atomic mass is 16.4. The van der Waals surface area contributed by atoms with Gasteiger partial charge < -0.3 is 5.11 Å². The van der Waals surface area contributed by atoms with E-state index in [9.17, 15) is 9.59 Å². The molecule has 0 aliphatic heterocycles. The van der Waals surface area contributed by atoms with Crippen LogP contribution < -0.4 is 0 Å². The molecule has 0 aromatic heterocycles. The van der Waals surface area contributed by atoms with Crippen LogP contribution >= 0.6 is 0 Å². The Labute approximate surface area is 132 Å². The lowest BCUT2D eigenvalue weighted by Crippen LogP contribution is -2.02. The van der Waals surface area contributed by atoms with E-state index in [0.29, 0.717) is 5.56 Å². The van der Waals surface area contributed by atoms with Gasteiger partial charge in [-0.15, -0.1) is 10.2 Å². The molecule has 0 radical (unpaired) electrons. The van der Waals surface area contributed by atoms with Crippen molar-refractivity contribution < 1.29 is 14.7 Å². The molecule has 2 N–H and O–H groups in total. The van der Waals surface area contributed by atoms with Gasteiger partial charge in [0.15, 0.2) is 5.70 Å². The van der Waals surface area contributed by atoms with Crippen LogP contribution in [0.2, 0.25) is 0 Å². The van der Waals surface area contributed by atoms with E-state index in [1.165, 1.54) is 12.1 Å². The topological polar surface area (TPSA) is 103 Å². The molecule has 0 aliphatic rings. The van der Waals surface area contributed by atoms with E-state index in [1.807, 2.05) is 12.8 Å². The first kappa shape index (κ1) is 16.0. The molecule has 0 atom stereocenters. The van der Waals surface area contributed by atoms with Crippen LogP contribution in [-0.4, -0.2) is 22.7 Å². The number of carbonyl (C=O) groups excluding carboxylic acids is 1. The van der Waals surface area contributed by atoms with Gasteiger partial charge in [0, 0.05) is 11.4 Å². The highest BCUT2D eigenvalue weighted by Gasteiger charge is 2.13. The maximum Gasteiger partial charge on any atom is 0.337 e. The third kappa shape index (κ3) is 3.84. The highest BCUT2D eigenvalue weighted by Crippen LogP contribution is 2.20. The predicted molar refractivity (Wildman–Crippen MR) is 84.7 cm³/mol. The summed E-state index contributed by atoms with van der Waals surface area (Å²) in [6.45, 7) is 1.89. The summed E-state index contributed by atoms with van der Waals surface area (Å²) in [5.74, 6) is 0.292. The van der Waals surface area contributed by atoms with E-state index >= 15 is 0 Å². The third-order valence-electron chi connectivity index (χ3n) is 3.04. The summed E-state index contributed by atoms with van der Waals surface area (Å²) in [5.41, 5.74) is 1.12. The van der Waals surface area contributed by atoms with Gasteiger partial charge in [0.05, 0.1) is 5.56 Å². The molecule has 0 saturated heterocycles. The Kier molecular flexibility index (Phi) is 4.92. The summed E-state index contributed by atoms with van der Waals surface area (Å²) in [6.07, 6.45) is 0. The Bertz CT molecular complexity index is 832. The molecule has 0 saturated carbocycles. The van der Waals surface area contributed by atoms with Crippen LogP contribution in [0, 0.1) is 12.3 Å². The first-order valence-corrected chi connectivity index (χ1v) is 6.68. The average molecular weight is 307 g/mol. The summed E-state index contributed by atoms with van der Waals surface area (Å²) in [6, 6.07) is 12.8. The molecule has 0 bridgehead atoms. The van der Waals surface area contributed by atoms with Crippen LogP contribution in [-0.2, 0) is 0 Å². The van der Waals surface area contributed by atoms with E-state index in [2.05, 4.69) is 10.2 Å². The van der Waals surface area contributed by atoms with Gasteiger partial charge in [-0.25, -0.2) is 4.79 Å². The lowest BCUT2D eigenvalue weighted by atomic mass is 10.1. The number of hydrogen-bond donors (Lipinski definition) is 2. The quantitative estimate of drug-likeness (QED) is 0.380. The predicted octanol–water partition coefficient (Wildman–Crippen LogP) is 3.79. The minimum atomic E-state index is -1.15. The molecule has 2 rings (SSSR count). The fraction of sp³-hybridized carbons (Fsp3) is 0.0588. The van der Waals surface area contributed by atoms with Gasteiger partial charge in [-0.05, 0) is 19.1 Å². The van der Waals surface area contributed by atoms with Gasteiger partial charge in [0.2, 0.25) is 5.78 Å². The van der Waals surface area contributed by atoms with Crippen molar-refractivity contribution in [3.8, 4) is 0 Å². The number of nitrogens with zero attached hydrogens (tertiary/aromatic N) is 2. The zero-order valence-corrected chi connectivity index (χ0v) is 12.3. The Morgan fingerprint density at radius 3 is 2.35 bits per heavy atom. The Morgan fingerprint density at radius 1 is 1.09 bits per heavy atom. The summed E-state index contributed by atoms with van der Waals surface area (Å²) < 4.78 is 0. The second-order valence-electron chi connectivity index (χ2n) is 4.69. The molecule has 6 heteroatoms. The Hall–Kier alpha value is -3.37. The van der Waals surface area contributed by atoms with Crippen LogP contribution in [0.25, 0.3) is 0 Å². The van der Waals surface area contributed by atoms with Crippen molar-refractivity contribution in [2.45, 2.75) is 6.92 Å². The number of carboxylic acid groups (broad SMARTS) is 1. The summed E-state index contributed by atoms with van der Waals surface area (Å²) >= 11 is 0. The number of benzene rings is 2. The standard InChI is InChI=1S/C17H13N3O3/c1-11-6-8-12(9-7-11)16(21)15(10-18)20-19-14-5-3-2-4-13(14)17(22)23/h2-9,18H,1H3,(H,22,23). The summed E-state index contributed by atoms with van der Waals surface area (Å²) in [4.78, 5) is 23.3. The van der Waals surface area contributed by atoms with Crippen LogP contribution in [0.5, 0.6) is 0 Å². The molecule has 114 valence electrons. The summed E-state index contributed by atoms with van der Waals surface area (Å²) in [5, 5.41) is 23.7. The fourth-order valence-corrected chi connectivity index (χ4v) is 1.81. The van der Waals surface area contributed by atoms with Crippen molar-refractivity contribution in [3.63, 3.8) is 0 Å². The first-order valence-electron chi connectivity index (χ1n) is 6.68. The normalized spacial score (nSPS) is 10.3. The van der Waals surface area contributed by atoms with Crippen molar-refractivity contribution in [3.05, 3.63) is 70.9 Å². The van der Waals surface area contributed by atoms with Crippen molar-refractivity contribution in [2.24, 2.45) is 10.2 Å². The molecule has 0 unspecified atom stereocenters. The molecule has 0 amide bonds. The molecule has 2 aromatic rings. The monoisotopic (exact) mass is 307 g/mol. The maximum absolute atomic E-state index is 12.2. The third-order valence-corrected chi connectivity index (χ3v) is 3.04. The van der Waals surface area contributed by atoms with E-state index in [1.54, 1.807) is 36.4 Å². The van der Waals surface area contributed by atoms with Crippen LogP contribution in [0.15, 0.2) is 64.5 Å². The SMILES string of the molecule is Cc1ccc(C(=O)C(=C=N)N=Nc2ccccc2C(=O)O)cc1. The van der Waals surface area contributed by atoms with Crippen molar-refractivity contribution in [2.75, 3.05) is 0 Å². The van der Waals surface area contributed by atoms with Crippen LogP contribution in [0.3, 0.4) is 0 Å². The second kappa shape index (κ2) is 7.06. The van der Waals surface area contributed by atoms with Gasteiger partial charge in [0.1, 0.15) is 5.69 Å². The minimum absolute atomic E-state index is 0.0386. The fourth-order valence-electron chi connectivity index (χ4n) is 1.81. The number of rotatable bonds is 5. The Balaban J connectivity index is 2.30. The number of ketones is 1. The van der Waals surface area contributed by atoms with Crippen molar-refractivity contribution in [1.29, 1.82) is 5.41 Å². The number of azo groups is 1. The van der Waals surface area contributed by atoms with E-state index in [4.69, 9.17) is 10.5 Å². The lowest BCUT2D eigenvalue weighted by Gasteiger charge is -2.00. The molecule has 0 aliphatic carbocycles. The molecular weight excluding hydrogens is 294 g/mol. The molecule has 0 fully saturated rings. The van der Waals surface area contributed by atoms with Gasteiger partial charge in [-0.1, -0.05) is 42.0 Å². The number of carbonyl (C=O) groups is 2. The second-order valence-corrected chi connectivity index (χ2v) is 4.69. The van der Waals surface area contributed by atoms with Gasteiger partial charge in [0.25, 0.3) is 0 Å². The van der Waals surface area contributed by atoms with Crippen molar-refractivity contribution in [1.82, 2.24) is 0 Å². The number of allylic oxidation sites excluding steroid dienone is 1. The van der Waals surface area contributed by atoms with Gasteiger partial charge in [-0.2, -0.15) is 0 Å². The largest absolute Gasteiger partial charge is 0.478 e. The van der Waals surface area contributed by atoms with E-state index < -0.39 is 11.8 Å². The van der Waals surface area contributed by atoms with Gasteiger partial charge >= 0.3 is 5.97 Å². The van der Waals surface area contributed by atoms with Gasteiger partial charge in [-0.3, -0.25) is 10.2 Å². The molecule has 0 spiro atoms. The molecular formula is C17H13N3O3. The number of nitrogens with one attached hydrogen (secondary N) is 1. The molecule has 23 heavy (non-hydrogen) atoms. The number of Topliss-reactive ketones (excluding diaryl/α,β-unsaturated/α-hetero) is 1. The van der Waals surface area contributed by atoms with E-state index in [-0.39, 0.29) is 16.9 Å². The Morgan fingerprint density at radius 2 is 1.74 bits per heavy atom. The maximum atomic E-state index is 12.2. The molecule has 2 aromatic carbocycles. The first-order chi connectivity index (χ1) is 11.0. The zero-order chi connectivity index (χ0) is 16.8. The average Bonchev–Trinajstić information content (AvgIpc) is 2.56. The minimum Gasteiger partial charge on any atom is -0.478 e. The number of carboxylic acids is 1. The molecule has 0 heterocycles. The highest BCUT2D eigenvalue weighted by molar-refractivity contribution is 6.13. The lowest BCUT2D eigenvalue weighted by molar-refractivity contribution is 0.0697. The number of aryl methyl sites for hydroxylation is 1. The molecule has 6 nitrogen and oxygen atoms in total. The summed E-state index contributed by atoms with van der Waals surface area (Å²) in [7, 11) is 0. The zero-order valence-electron chi connectivity index (χ0n) is 12.3. The van der Waals surface area contributed by atoms with E-state index in [0.717, 1.165) is 5.56 Å². The van der Waals surface area contributed by atoms with Crippen LogP contribution in [0.4, 0.5) is 5.69 Å². The van der Waals surface area contributed by atoms with Crippen molar-refractivity contribution >= 4 is 23.3 Å². The van der Waals surface area contributed by atoms with Crippen LogP contribution in [0.1, 0.15) is 26.3 Å². The number of aromatic carboxylic acids is 1.